The van der Waals surface area contributed by atoms with Gasteiger partial charge in [0.05, 0.1) is 0 Å². The van der Waals surface area contributed by atoms with Gasteiger partial charge in [-0.05, 0) is 24.0 Å². The zero-order valence-electron chi connectivity index (χ0n) is 14.1. The molecule has 126 valence electrons. The lowest BCUT2D eigenvalue weighted by atomic mass is 10.1. The number of benzene rings is 2. The van der Waals surface area contributed by atoms with E-state index in [1.807, 2.05) is 41.3 Å². The second-order valence-electron chi connectivity index (χ2n) is 5.99. The molecular weight excluding hydrogens is 298 g/mol. The fraction of sp³-hybridized carbons (Fsp3) is 0.333. The highest BCUT2D eigenvalue weighted by molar-refractivity contribution is 5.76. The average molecular weight is 323 g/mol. The van der Waals surface area contributed by atoms with Gasteiger partial charge in [-0.15, -0.1) is 0 Å². The van der Waals surface area contributed by atoms with Crippen LogP contribution >= 0.6 is 0 Å². The van der Waals surface area contributed by atoms with Crippen molar-refractivity contribution in [2.24, 2.45) is 0 Å². The van der Waals surface area contributed by atoms with E-state index in [1.165, 1.54) is 0 Å². The quantitative estimate of drug-likeness (QED) is 0.481. The standard InChI is InChI=1S/C21H25NO2/c23-16-10-2-1-9-15-21(24)22(17-19-11-5-3-6-12-19)18-20-13-7-4-8-14-20/h3-8,11-14,16H,1-2,9-10,15,17-18H2. The first kappa shape index (κ1) is 17.9. The van der Waals surface area contributed by atoms with E-state index < -0.39 is 0 Å². The molecule has 2 rings (SSSR count). The summed E-state index contributed by atoms with van der Waals surface area (Å²) in [5.74, 6) is 0.175. The molecule has 3 nitrogen and oxygen atoms in total. The summed E-state index contributed by atoms with van der Waals surface area (Å²) in [6, 6.07) is 20.2. The third-order valence-corrected chi connectivity index (χ3v) is 4.00. The van der Waals surface area contributed by atoms with Gasteiger partial charge in [0.25, 0.3) is 0 Å². The van der Waals surface area contributed by atoms with E-state index >= 15 is 0 Å². The minimum Gasteiger partial charge on any atom is -0.334 e. The largest absolute Gasteiger partial charge is 0.334 e. The lowest BCUT2D eigenvalue weighted by molar-refractivity contribution is -0.132. The SMILES string of the molecule is O=CCCCCCC(=O)N(Cc1ccccc1)Cc1ccccc1. The molecule has 0 aromatic heterocycles. The number of rotatable bonds is 10. The Morgan fingerprint density at radius 3 is 1.83 bits per heavy atom. The van der Waals surface area contributed by atoms with Gasteiger partial charge in [-0.3, -0.25) is 4.79 Å². The topological polar surface area (TPSA) is 37.4 Å². The van der Waals surface area contributed by atoms with Crippen LogP contribution in [0.3, 0.4) is 0 Å². The molecule has 0 spiro atoms. The van der Waals surface area contributed by atoms with Gasteiger partial charge in [0.15, 0.2) is 0 Å². The van der Waals surface area contributed by atoms with Gasteiger partial charge in [-0.1, -0.05) is 67.1 Å². The van der Waals surface area contributed by atoms with Crippen molar-refractivity contribution in [2.75, 3.05) is 0 Å². The summed E-state index contributed by atoms with van der Waals surface area (Å²) >= 11 is 0. The molecule has 0 heterocycles. The molecule has 2 aromatic rings. The monoisotopic (exact) mass is 323 g/mol. The molecule has 0 atom stereocenters. The highest BCUT2D eigenvalue weighted by atomic mass is 16.2. The number of nitrogens with zero attached hydrogens (tertiary/aromatic N) is 1. The molecule has 2 aromatic carbocycles. The van der Waals surface area contributed by atoms with Crippen molar-refractivity contribution in [3.8, 4) is 0 Å². The van der Waals surface area contributed by atoms with Gasteiger partial charge in [0, 0.05) is 25.9 Å². The summed E-state index contributed by atoms with van der Waals surface area (Å²) in [5, 5.41) is 0. The fourth-order valence-electron chi connectivity index (χ4n) is 2.68. The van der Waals surface area contributed by atoms with E-state index in [4.69, 9.17) is 0 Å². The number of aldehydes is 1. The van der Waals surface area contributed by atoms with E-state index in [9.17, 15) is 9.59 Å². The first-order valence-electron chi connectivity index (χ1n) is 8.59. The Hall–Kier alpha value is -2.42. The Balaban J connectivity index is 1.96. The van der Waals surface area contributed by atoms with Gasteiger partial charge in [-0.25, -0.2) is 0 Å². The van der Waals surface area contributed by atoms with Crippen LogP contribution in [0.25, 0.3) is 0 Å². The zero-order chi connectivity index (χ0) is 17.0. The van der Waals surface area contributed by atoms with Crippen LogP contribution in [-0.2, 0) is 22.7 Å². The van der Waals surface area contributed by atoms with Crippen LogP contribution in [0.2, 0.25) is 0 Å². The van der Waals surface area contributed by atoms with Gasteiger partial charge in [-0.2, -0.15) is 0 Å². The van der Waals surface area contributed by atoms with Crippen LogP contribution in [0.5, 0.6) is 0 Å². The Bertz CT molecular complexity index is 569. The minimum absolute atomic E-state index is 0.175. The molecule has 0 aliphatic rings. The van der Waals surface area contributed by atoms with Crippen LogP contribution in [0, 0.1) is 0 Å². The molecule has 0 aliphatic carbocycles. The number of hydrogen-bond donors (Lipinski definition) is 0. The predicted octanol–water partition coefficient (Wildman–Crippen LogP) is 4.36. The number of hydrogen-bond acceptors (Lipinski definition) is 2. The second-order valence-corrected chi connectivity index (χ2v) is 5.99. The fourth-order valence-corrected chi connectivity index (χ4v) is 2.68. The van der Waals surface area contributed by atoms with Gasteiger partial charge in [0.1, 0.15) is 6.29 Å². The molecule has 0 bridgehead atoms. The summed E-state index contributed by atoms with van der Waals surface area (Å²) in [6.07, 6.45) is 4.71. The van der Waals surface area contributed by atoms with E-state index in [0.29, 0.717) is 25.9 Å². The van der Waals surface area contributed by atoms with Crippen molar-refractivity contribution in [3.63, 3.8) is 0 Å². The van der Waals surface area contributed by atoms with Gasteiger partial charge in [0.2, 0.25) is 5.91 Å². The van der Waals surface area contributed by atoms with E-state index in [2.05, 4.69) is 24.3 Å². The molecule has 0 radical (unpaired) electrons. The van der Waals surface area contributed by atoms with Crippen LogP contribution in [-0.4, -0.2) is 17.1 Å². The zero-order valence-corrected chi connectivity index (χ0v) is 14.1. The maximum atomic E-state index is 12.6. The summed E-state index contributed by atoms with van der Waals surface area (Å²) in [5.41, 5.74) is 2.28. The Kier molecular flexibility index (Phi) is 7.75. The summed E-state index contributed by atoms with van der Waals surface area (Å²) in [4.78, 5) is 24.9. The van der Waals surface area contributed by atoms with Crippen LogP contribution < -0.4 is 0 Å². The van der Waals surface area contributed by atoms with E-state index in [0.717, 1.165) is 36.7 Å². The predicted molar refractivity (Wildman–Crippen MR) is 96.3 cm³/mol. The molecule has 0 saturated heterocycles. The minimum atomic E-state index is 0.175. The molecule has 0 saturated carbocycles. The van der Waals surface area contributed by atoms with Crippen molar-refractivity contribution in [3.05, 3.63) is 71.8 Å². The van der Waals surface area contributed by atoms with Crippen molar-refractivity contribution in [2.45, 2.75) is 45.2 Å². The van der Waals surface area contributed by atoms with E-state index in [1.54, 1.807) is 0 Å². The lowest BCUT2D eigenvalue weighted by Crippen LogP contribution is -2.29. The van der Waals surface area contributed by atoms with Crippen molar-refractivity contribution < 1.29 is 9.59 Å². The lowest BCUT2D eigenvalue weighted by Gasteiger charge is -2.23. The summed E-state index contributed by atoms with van der Waals surface area (Å²) < 4.78 is 0. The Labute approximate surface area is 144 Å². The van der Waals surface area contributed by atoms with Crippen LogP contribution in [0.1, 0.15) is 43.2 Å². The second kappa shape index (κ2) is 10.4. The third-order valence-electron chi connectivity index (χ3n) is 4.00. The summed E-state index contributed by atoms with van der Waals surface area (Å²) in [7, 11) is 0. The Morgan fingerprint density at radius 2 is 1.33 bits per heavy atom. The van der Waals surface area contributed by atoms with Crippen molar-refractivity contribution in [1.29, 1.82) is 0 Å². The number of carbonyl (C=O) groups is 2. The molecule has 0 aliphatic heterocycles. The van der Waals surface area contributed by atoms with Gasteiger partial charge >= 0.3 is 0 Å². The van der Waals surface area contributed by atoms with Crippen LogP contribution in [0.15, 0.2) is 60.7 Å². The summed E-state index contributed by atoms with van der Waals surface area (Å²) in [6.45, 7) is 1.26. The average Bonchev–Trinajstić information content (AvgIpc) is 2.62. The third kappa shape index (κ3) is 6.37. The number of carbonyl (C=O) groups excluding carboxylic acids is 2. The number of amides is 1. The van der Waals surface area contributed by atoms with Crippen LogP contribution in [0.4, 0.5) is 0 Å². The molecule has 0 N–H and O–H groups in total. The Morgan fingerprint density at radius 1 is 0.792 bits per heavy atom. The normalized spacial score (nSPS) is 10.3. The maximum Gasteiger partial charge on any atom is 0.223 e. The maximum absolute atomic E-state index is 12.6. The van der Waals surface area contributed by atoms with Crippen molar-refractivity contribution in [1.82, 2.24) is 4.90 Å². The molecule has 0 fully saturated rings. The van der Waals surface area contributed by atoms with Crippen molar-refractivity contribution >= 4 is 12.2 Å². The molecule has 0 unspecified atom stereocenters. The molecule has 1 amide bonds. The van der Waals surface area contributed by atoms with Gasteiger partial charge < -0.3 is 9.69 Å². The molecular formula is C21H25NO2. The van der Waals surface area contributed by atoms with E-state index in [-0.39, 0.29) is 5.91 Å². The number of unbranched alkanes of at least 4 members (excludes halogenated alkanes) is 3. The first-order chi connectivity index (χ1) is 11.8. The highest BCUT2D eigenvalue weighted by Crippen LogP contribution is 2.13. The smallest absolute Gasteiger partial charge is 0.223 e. The highest BCUT2D eigenvalue weighted by Gasteiger charge is 2.14. The molecule has 3 heteroatoms. The first-order valence-corrected chi connectivity index (χ1v) is 8.59. The molecule has 24 heavy (non-hydrogen) atoms.